The maximum absolute atomic E-state index is 5.96. The van der Waals surface area contributed by atoms with Crippen LogP contribution in [0.5, 0.6) is 11.6 Å². The van der Waals surface area contributed by atoms with E-state index >= 15 is 0 Å². The number of rotatable bonds is 2. The van der Waals surface area contributed by atoms with E-state index in [0.717, 1.165) is 10.8 Å². The van der Waals surface area contributed by atoms with E-state index in [4.69, 9.17) is 27.9 Å². The molecule has 1 heterocycles. The molecule has 0 aliphatic heterocycles. The van der Waals surface area contributed by atoms with Crippen LogP contribution in [0.1, 0.15) is 0 Å². The summed E-state index contributed by atoms with van der Waals surface area (Å²) in [6, 6.07) is 13.8. The summed E-state index contributed by atoms with van der Waals surface area (Å²) < 4.78 is 5.63. The minimum atomic E-state index is 0.0974. The zero-order valence-corrected chi connectivity index (χ0v) is 11.2. The number of halogens is 2. The lowest BCUT2D eigenvalue weighted by Crippen LogP contribution is -1.91. The first-order valence-electron chi connectivity index (χ1n) is 5.57. The fourth-order valence-electron chi connectivity index (χ4n) is 1.75. The van der Waals surface area contributed by atoms with Crippen molar-refractivity contribution >= 4 is 34.0 Å². The van der Waals surface area contributed by atoms with Gasteiger partial charge in [0.05, 0.1) is 6.20 Å². The Hall–Kier alpha value is -1.84. The summed E-state index contributed by atoms with van der Waals surface area (Å²) in [6.45, 7) is 0. The molecule has 0 spiro atoms. The van der Waals surface area contributed by atoms with E-state index in [2.05, 4.69) is 9.97 Å². The Balaban J connectivity index is 1.98. The number of nitrogens with zero attached hydrogens (tertiary/aromatic N) is 2. The van der Waals surface area contributed by atoms with Crippen LogP contribution in [0.2, 0.25) is 10.3 Å². The minimum Gasteiger partial charge on any atom is -0.437 e. The minimum absolute atomic E-state index is 0.0974. The number of aromatic nitrogens is 2. The van der Waals surface area contributed by atoms with Crippen LogP contribution >= 0.6 is 23.2 Å². The Morgan fingerprint density at radius 1 is 0.947 bits per heavy atom. The fourth-order valence-corrected chi connectivity index (χ4v) is 2.00. The average molecular weight is 291 g/mol. The SMILES string of the molecule is Clc1ncc(Cl)c(Oc2ccc3ccccc3c2)n1. The second-order valence-corrected chi connectivity index (χ2v) is 4.65. The van der Waals surface area contributed by atoms with Gasteiger partial charge in [0.2, 0.25) is 11.2 Å². The molecular weight excluding hydrogens is 283 g/mol. The Bertz CT molecular complexity index is 746. The molecule has 0 saturated carbocycles. The van der Waals surface area contributed by atoms with Crippen molar-refractivity contribution < 1.29 is 4.74 Å². The van der Waals surface area contributed by atoms with E-state index in [-0.39, 0.29) is 11.2 Å². The number of benzene rings is 2. The highest BCUT2D eigenvalue weighted by Gasteiger charge is 2.07. The lowest BCUT2D eigenvalue weighted by atomic mass is 10.1. The molecule has 0 unspecified atom stereocenters. The molecule has 2 aromatic carbocycles. The van der Waals surface area contributed by atoms with Gasteiger partial charge in [0.1, 0.15) is 10.8 Å². The van der Waals surface area contributed by atoms with Crippen LogP contribution in [-0.4, -0.2) is 9.97 Å². The van der Waals surface area contributed by atoms with Crippen molar-refractivity contribution in [3.05, 3.63) is 59.0 Å². The van der Waals surface area contributed by atoms with Crippen molar-refractivity contribution in [2.45, 2.75) is 0 Å². The van der Waals surface area contributed by atoms with Gasteiger partial charge in [0, 0.05) is 0 Å². The van der Waals surface area contributed by atoms with Gasteiger partial charge in [0.25, 0.3) is 0 Å². The molecule has 0 radical (unpaired) electrons. The van der Waals surface area contributed by atoms with E-state index in [9.17, 15) is 0 Å². The lowest BCUT2D eigenvalue weighted by Gasteiger charge is -2.07. The van der Waals surface area contributed by atoms with Crippen LogP contribution in [0.15, 0.2) is 48.7 Å². The smallest absolute Gasteiger partial charge is 0.242 e. The topological polar surface area (TPSA) is 35.0 Å². The molecule has 94 valence electrons. The molecule has 0 bridgehead atoms. The van der Waals surface area contributed by atoms with E-state index in [1.165, 1.54) is 6.20 Å². The van der Waals surface area contributed by atoms with Gasteiger partial charge < -0.3 is 4.74 Å². The predicted molar refractivity (Wildman–Crippen MR) is 76.1 cm³/mol. The highest BCUT2D eigenvalue weighted by molar-refractivity contribution is 6.32. The molecule has 3 rings (SSSR count). The molecule has 19 heavy (non-hydrogen) atoms. The van der Waals surface area contributed by atoms with Crippen molar-refractivity contribution in [3.63, 3.8) is 0 Å². The highest BCUT2D eigenvalue weighted by atomic mass is 35.5. The second kappa shape index (κ2) is 5.03. The van der Waals surface area contributed by atoms with Gasteiger partial charge in [0.15, 0.2) is 0 Å². The van der Waals surface area contributed by atoms with Gasteiger partial charge in [-0.25, -0.2) is 4.98 Å². The van der Waals surface area contributed by atoms with Gasteiger partial charge in [-0.05, 0) is 34.5 Å². The van der Waals surface area contributed by atoms with E-state index < -0.39 is 0 Å². The molecule has 5 heteroatoms. The summed E-state index contributed by atoms with van der Waals surface area (Å²) in [5.41, 5.74) is 0. The Morgan fingerprint density at radius 2 is 1.74 bits per heavy atom. The number of fused-ring (bicyclic) bond motifs is 1. The molecule has 0 fully saturated rings. The monoisotopic (exact) mass is 290 g/mol. The summed E-state index contributed by atoms with van der Waals surface area (Å²) in [4.78, 5) is 7.72. The quantitative estimate of drug-likeness (QED) is 0.640. The van der Waals surface area contributed by atoms with Crippen molar-refractivity contribution in [2.24, 2.45) is 0 Å². The first-order chi connectivity index (χ1) is 9.22. The van der Waals surface area contributed by atoms with E-state index in [1.54, 1.807) is 0 Å². The fraction of sp³-hybridized carbons (Fsp3) is 0. The molecule has 0 aliphatic carbocycles. The molecule has 0 saturated heterocycles. The third-order valence-electron chi connectivity index (χ3n) is 2.62. The Labute approximate surface area is 119 Å². The first-order valence-corrected chi connectivity index (χ1v) is 6.33. The Morgan fingerprint density at radius 3 is 2.58 bits per heavy atom. The third-order valence-corrected chi connectivity index (χ3v) is 3.06. The van der Waals surface area contributed by atoms with Gasteiger partial charge in [-0.1, -0.05) is 41.9 Å². The molecule has 1 aromatic heterocycles. The molecule has 3 nitrogen and oxygen atoms in total. The standard InChI is InChI=1S/C14H8Cl2N2O/c15-12-8-17-14(16)18-13(12)19-11-6-5-9-3-1-2-4-10(9)7-11/h1-8H. The van der Waals surface area contributed by atoms with Crippen molar-refractivity contribution in [3.8, 4) is 11.6 Å². The Kier molecular flexibility index (Phi) is 3.23. The van der Waals surface area contributed by atoms with Crippen LogP contribution in [0.3, 0.4) is 0 Å². The summed E-state index contributed by atoms with van der Waals surface area (Å²) in [5.74, 6) is 0.896. The van der Waals surface area contributed by atoms with Crippen molar-refractivity contribution in [1.29, 1.82) is 0 Å². The van der Waals surface area contributed by atoms with Crippen molar-refractivity contribution in [2.75, 3.05) is 0 Å². The van der Waals surface area contributed by atoms with Crippen LogP contribution in [0, 0.1) is 0 Å². The number of hydrogen-bond donors (Lipinski definition) is 0. The van der Waals surface area contributed by atoms with Crippen LogP contribution in [0.4, 0.5) is 0 Å². The summed E-state index contributed by atoms with van der Waals surface area (Å²) in [6.07, 6.45) is 1.41. The molecule has 0 aliphatic rings. The van der Waals surface area contributed by atoms with Gasteiger partial charge in [-0.2, -0.15) is 4.98 Å². The van der Waals surface area contributed by atoms with Crippen LogP contribution < -0.4 is 4.74 Å². The molecule has 3 aromatic rings. The molecule has 0 atom stereocenters. The zero-order valence-electron chi connectivity index (χ0n) is 9.68. The maximum Gasteiger partial charge on any atom is 0.242 e. The molecule has 0 amide bonds. The summed E-state index contributed by atoms with van der Waals surface area (Å²) in [5, 5.41) is 2.63. The number of hydrogen-bond acceptors (Lipinski definition) is 3. The zero-order chi connectivity index (χ0) is 13.2. The molecule has 0 N–H and O–H groups in total. The second-order valence-electron chi connectivity index (χ2n) is 3.90. The van der Waals surface area contributed by atoms with Gasteiger partial charge in [-0.15, -0.1) is 0 Å². The number of ether oxygens (including phenoxy) is 1. The van der Waals surface area contributed by atoms with Crippen LogP contribution in [-0.2, 0) is 0 Å². The van der Waals surface area contributed by atoms with Gasteiger partial charge >= 0.3 is 0 Å². The lowest BCUT2D eigenvalue weighted by molar-refractivity contribution is 0.462. The van der Waals surface area contributed by atoms with Crippen molar-refractivity contribution in [1.82, 2.24) is 9.97 Å². The van der Waals surface area contributed by atoms with Gasteiger partial charge in [-0.3, -0.25) is 0 Å². The third kappa shape index (κ3) is 2.62. The maximum atomic E-state index is 5.96. The van der Waals surface area contributed by atoms with E-state index in [1.807, 2.05) is 42.5 Å². The first kappa shape index (κ1) is 12.2. The molecular formula is C14H8Cl2N2O. The average Bonchev–Trinajstić information content (AvgIpc) is 2.43. The van der Waals surface area contributed by atoms with E-state index in [0.29, 0.717) is 10.8 Å². The summed E-state index contributed by atoms with van der Waals surface area (Å²) in [7, 11) is 0. The van der Waals surface area contributed by atoms with Crippen LogP contribution in [0.25, 0.3) is 10.8 Å². The highest BCUT2D eigenvalue weighted by Crippen LogP contribution is 2.29. The largest absolute Gasteiger partial charge is 0.437 e. The summed E-state index contributed by atoms with van der Waals surface area (Å²) >= 11 is 11.7. The predicted octanol–water partition coefficient (Wildman–Crippen LogP) is 4.73. The normalized spacial score (nSPS) is 10.6.